The lowest BCUT2D eigenvalue weighted by atomic mass is 9.74. The first kappa shape index (κ1) is 12.9. The summed E-state index contributed by atoms with van der Waals surface area (Å²) in [4.78, 5) is 12.0. The number of carbonyl (C=O) groups is 1. The highest BCUT2D eigenvalue weighted by atomic mass is 16.1. The van der Waals surface area contributed by atoms with Gasteiger partial charge >= 0.3 is 0 Å². The van der Waals surface area contributed by atoms with Crippen LogP contribution in [0.3, 0.4) is 0 Å². The van der Waals surface area contributed by atoms with E-state index in [1.54, 1.807) is 0 Å². The quantitative estimate of drug-likeness (QED) is 0.789. The van der Waals surface area contributed by atoms with Gasteiger partial charge in [-0.05, 0) is 37.6 Å². The maximum atomic E-state index is 12.0. The summed E-state index contributed by atoms with van der Waals surface area (Å²) >= 11 is 0. The maximum Gasteiger partial charge on any atom is 0.223 e. The molecular formula is C14H26N2O. The van der Waals surface area contributed by atoms with Crippen LogP contribution in [0, 0.1) is 11.3 Å². The lowest BCUT2D eigenvalue weighted by Gasteiger charge is -2.36. The standard InChI is InChI=1S/C14H26N2O/c15-10-14(8-4-1-5-9-14)11-16-13(17)12-6-2-3-7-12/h12H,1-11,15H2,(H,16,17). The van der Waals surface area contributed by atoms with Crippen molar-refractivity contribution in [3.05, 3.63) is 0 Å². The van der Waals surface area contributed by atoms with Crippen LogP contribution in [-0.4, -0.2) is 19.0 Å². The van der Waals surface area contributed by atoms with Crippen molar-refractivity contribution in [3.8, 4) is 0 Å². The second-order valence-corrected chi connectivity index (χ2v) is 5.96. The van der Waals surface area contributed by atoms with Crippen LogP contribution in [0.1, 0.15) is 57.8 Å². The Balaban J connectivity index is 1.80. The number of nitrogens with two attached hydrogens (primary N) is 1. The maximum absolute atomic E-state index is 12.0. The van der Waals surface area contributed by atoms with Gasteiger partial charge in [0.1, 0.15) is 0 Å². The molecule has 0 bridgehead atoms. The van der Waals surface area contributed by atoms with E-state index in [0.717, 1.165) is 25.9 Å². The minimum Gasteiger partial charge on any atom is -0.355 e. The molecular weight excluding hydrogens is 212 g/mol. The Bertz CT molecular complexity index is 253. The molecule has 3 heteroatoms. The Kier molecular flexibility index (Phi) is 4.43. The van der Waals surface area contributed by atoms with Crippen LogP contribution in [0.5, 0.6) is 0 Å². The lowest BCUT2D eigenvalue weighted by Crippen LogP contribution is -2.45. The highest BCUT2D eigenvalue weighted by Crippen LogP contribution is 2.35. The topological polar surface area (TPSA) is 55.1 Å². The van der Waals surface area contributed by atoms with E-state index in [2.05, 4.69) is 5.32 Å². The Morgan fingerprint density at radius 2 is 1.76 bits per heavy atom. The van der Waals surface area contributed by atoms with Gasteiger partial charge in [-0.15, -0.1) is 0 Å². The average molecular weight is 238 g/mol. The van der Waals surface area contributed by atoms with E-state index >= 15 is 0 Å². The first-order valence-electron chi connectivity index (χ1n) is 7.24. The SMILES string of the molecule is NCC1(CNC(=O)C2CCCC2)CCCCC1. The van der Waals surface area contributed by atoms with E-state index in [0.29, 0.717) is 0 Å². The molecule has 2 rings (SSSR count). The third-order valence-corrected chi connectivity index (χ3v) is 4.71. The van der Waals surface area contributed by atoms with E-state index in [9.17, 15) is 4.79 Å². The number of rotatable bonds is 4. The molecule has 17 heavy (non-hydrogen) atoms. The molecule has 0 aromatic carbocycles. The predicted octanol–water partition coefficient (Wildman–Crippen LogP) is 2.20. The van der Waals surface area contributed by atoms with Gasteiger partial charge < -0.3 is 11.1 Å². The van der Waals surface area contributed by atoms with Crippen molar-refractivity contribution < 1.29 is 4.79 Å². The Labute approximate surface area is 105 Å². The molecule has 2 aliphatic rings. The number of hydrogen-bond donors (Lipinski definition) is 2. The Hall–Kier alpha value is -0.570. The molecule has 0 aliphatic heterocycles. The minimum atomic E-state index is 0.201. The first-order valence-corrected chi connectivity index (χ1v) is 7.24. The van der Waals surface area contributed by atoms with Crippen LogP contribution in [0.25, 0.3) is 0 Å². The van der Waals surface area contributed by atoms with Crippen molar-refractivity contribution in [2.45, 2.75) is 57.8 Å². The third-order valence-electron chi connectivity index (χ3n) is 4.71. The van der Waals surface area contributed by atoms with Gasteiger partial charge in [0.25, 0.3) is 0 Å². The highest BCUT2D eigenvalue weighted by molar-refractivity contribution is 5.78. The summed E-state index contributed by atoms with van der Waals surface area (Å²) in [6.07, 6.45) is 10.9. The molecule has 2 fully saturated rings. The summed E-state index contributed by atoms with van der Waals surface area (Å²) in [5.74, 6) is 0.564. The normalized spacial score (nSPS) is 24.8. The van der Waals surface area contributed by atoms with Crippen LogP contribution in [0.4, 0.5) is 0 Å². The second-order valence-electron chi connectivity index (χ2n) is 5.96. The van der Waals surface area contributed by atoms with Gasteiger partial charge in [0.15, 0.2) is 0 Å². The molecule has 3 N–H and O–H groups in total. The van der Waals surface area contributed by atoms with Crippen molar-refractivity contribution in [2.24, 2.45) is 17.1 Å². The van der Waals surface area contributed by atoms with Crippen molar-refractivity contribution in [1.29, 1.82) is 0 Å². The van der Waals surface area contributed by atoms with Crippen molar-refractivity contribution in [1.82, 2.24) is 5.32 Å². The van der Waals surface area contributed by atoms with Crippen LogP contribution in [-0.2, 0) is 4.79 Å². The van der Waals surface area contributed by atoms with Crippen molar-refractivity contribution >= 4 is 5.91 Å². The summed E-state index contributed by atoms with van der Waals surface area (Å²) in [7, 11) is 0. The monoisotopic (exact) mass is 238 g/mol. The molecule has 0 spiro atoms. The number of nitrogens with one attached hydrogen (secondary N) is 1. The highest BCUT2D eigenvalue weighted by Gasteiger charge is 2.32. The Morgan fingerprint density at radius 1 is 1.12 bits per heavy atom. The van der Waals surface area contributed by atoms with Crippen LogP contribution in [0.2, 0.25) is 0 Å². The van der Waals surface area contributed by atoms with E-state index < -0.39 is 0 Å². The minimum absolute atomic E-state index is 0.201. The zero-order valence-electron chi connectivity index (χ0n) is 10.8. The van der Waals surface area contributed by atoms with E-state index in [1.807, 2.05) is 0 Å². The summed E-state index contributed by atoms with van der Waals surface area (Å²) in [6.45, 7) is 1.52. The lowest BCUT2D eigenvalue weighted by molar-refractivity contribution is -0.125. The molecule has 0 heterocycles. The van der Waals surface area contributed by atoms with E-state index in [-0.39, 0.29) is 17.2 Å². The van der Waals surface area contributed by atoms with Crippen LogP contribution < -0.4 is 11.1 Å². The van der Waals surface area contributed by atoms with Gasteiger partial charge in [-0.3, -0.25) is 4.79 Å². The molecule has 3 nitrogen and oxygen atoms in total. The largest absolute Gasteiger partial charge is 0.355 e. The zero-order chi connectivity index (χ0) is 12.1. The van der Waals surface area contributed by atoms with Gasteiger partial charge in [0, 0.05) is 12.5 Å². The van der Waals surface area contributed by atoms with Crippen molar-refractivity contribution in [2.75, 3.05) is 13.1 Å². The van der Waals surface area contributed by atoms with Gasteiger partial charge in [0.2, 0.25) is 5.91 Å². The van der Waals surface area contributed by atoms with Gasteiger partial charge in [-0.25, -0.2) is 0 Å². The molecule has 0 saturated heterocycles. The predicted molar refractivity (Wildman–Crippen MR) is 69.5 cm³/mol. The Morgan fingerprint density at radius 3 is 2.35 bits per heavy atom. The number of carbonyl (C=O) groups excluding carboxylic acids is 1. The first-order chi connectivity index (χ1) is 8.26. The fraction of sp³-hybridized carbons (Fsp3) is 0.929. The fourth-order valence-electron chi connectivity index (χ4n) is 3.36. The third kappa shape index (κ3) is 3.21. The van der Waals surface area contributed by atoms with Crippen LogP contribution >= 0.6 is 0 Å². The molecule has 0 radical (unpaired) electrons. The molecule has 0 unspecified atom stereocenters. The number of amides is 1. The molecule has 0 atom stereocenters. The molecule has 0 aromatic heterocycles. The molecule has 2 aliphatic carbocycles. The van der Waals surface area contributed by atoms with Gasteiger partial charge in [0.05, 0.1) is 0 Å². The van der Waals surface area contributed by atoms with Crippen molar-refractivity contribution in [3.63, 3.8) is 0 Å². The van der Waals surface area contributed by atoms with Gasteiger partial charge in [-0.2, -0.15) is 0 Å². The van der Waals surface area contributed by atoms with Gasteiger partial charge in [-0.1, -0.05) is 32.1 Å². The van der Waals surface area contributed by atoms with E-state index in [4.69, 9.17) is 5.73 Å². The average Bonchev–Trinajstić information content (AvgIpc) is 2.91. The summed E-state index contributed by atoms with van der Waals surface area (Å²) in [5.41, 5.74) is 6.13. The smallest absolute Gasteiger partial charge is 0.223 e. The summed E-state index contributed by atoms with van der Waals surface area (Å²) in [5, 5.41) is 3.17. The number of hydrogen-bond acceptors (Lipinski definition) is 2. The summed E-state index contributed by atoms with van der Waals surface area (Å²) < 4.78 is 0. The molecule has 1 amide bonds. The molecule has 2 saturated carbocycles. The summed E-state index contributed by atoms with van der Waals surface area (Å²) in [6, 6.07) is 0. The molecule has 98 valence electrons. The zero-order valence-corrected chi connectivity index (χ0v) is 10.8. The fourth-order valence-corrected chi connectivity index (χ4v) is 3.36. The van der Waals surface area contributed by atoms with Crippen LogP contribution in [0.15, 0.2) is 0 Å². The second kappa shape index (κ2) is 5.85. The molecule has 0 aromatic rings. The van der Waals surface area contributed by atoms with E-state index in [1.165, 1.54) is 44.9 Å².